The number of aliphatic hydroxyl groups is 1. The Balaban J connectivity index is 1.89. The number of pyridine rings is 2. The molecule has 2 heterocycles. The monoisotopic (exact) mass is 471 g/mol. The van der Waals surface area contributed by atoms with Crippen LogP contribution in [-0.2, 0) is 13.1 Å². The largest absolute Gasteiger partial charge is 0.496 e. The maximum Gasteiger partial charge on any atom is 0.277 e. The van der Waals surface area contributed by atoms with Gasteiger partial charge in [-0.05, 0) is 37.5 Å². The van der Waals surface area contributed by atoms with Crippen LogP contribution in [0.4, 0.5) is 0 Å². The van der Waals surface area contributed by atoms with E-state index in [4.69, 9.17) is 4.74 Å². The van der Waals surface area contributed by atoms with Gasteiger partial charge in [0.25, 0.3) is 11.5 Å². The lowest BCUT2D eigenvalue weighted by Gasteiger charge is -2.20. The number of unbranched alkanes of at least 4 members (excludes halogenated alkanes) is 1. The average Bonchev–Trinajstić information content (AvgIpc) is 2.89. The number of para-hydroxylation sites is 1. The lowest BCUT2D eigenvalue weighted by atomic mass is 9.97. The van der Waals surface area contributed by atoms with Crippen molar-refractivity contribution in [2.45, 2.75) is 32.9 Å². The number of rotatable bonds is 9. The Morgan fingerprint density at radius 2 is 1.83 bits per heavy atom. The van der Waals surface area contributed by atoms with Crippen molar-refractivity contribution >= 4 is 16.8 Å². The summed E-state index contributed by atoms with van der Waals surface area (Å²) in [6, 6.07) is 18.9. The third-order valence-electron chi connectivity index (χ3n) is 6.01. The Labute approximate surface area is 204 Å². The predicted molar refractivity (Wildman–Crippen MR) is 137 cm³/mol. The molecular weight excluding hydrogens is 442 g/mol. The summed E-state index contributed by atoms with van der Waals surface area (Å²) in [6.45, 7) is 2.55. The minimum Gasteiger partial charge on any atom is -0.496 e. The van der Waals surface area contributed by atoms with Crippen LogP contribution in [-0.4, -0.2) is 34.3 Å². The molecule has 0 spiro atoms. The van der Waals surface area contributed by atoms with Crippen LogP contribution in [0.3, 0.4) is 0 Å². The van der Waals surface area contributed by atoms with E-state index >= 15 is 0 Å². The van der Waals surface area contributed by atoms with Crippen LogP contribution in [0.15, 0.2) is 71.7 Å². The molecule has 0 radical (unpaired) electrons. The number of fused-ring (bicyclic) bond motifs is 1. The van der Waals surface area contributed by atoms with Gasteiger partial charge in [0.1, 0.15) is 17.0 Å². The molecule has 0 atom stereocenters. The Kier molecular flexibility index (Phi) is 7.57. The van der Waals surface area contributed by atoms with Crippen LogP contribution in [0.5, 0.6) is 5.75 Å². The summed E-state index contributed by atoms with van der Waals surface area (Å²) >= 11 is 0. The van der Waals surface area contributed by atoms with Crippen molar-refractivity contribution in [1.82, 2.24) is 14.9 Å². The van der Waals surface area contributed by atoms with Crippen LogP contribution in [0.25, 0.3) is 22.0 Å². The van der Waals surface area contributed by atoms with Gasteiger partial charge in [-0.3, -0.25) is 14.6 Å². The lowest BCUT2D eigenvalue weighted by molar-refractivity contribution is 0.0940. The van der Waals surface area contributed by atoms with Crippen molar-refractivity contribution in [1.29, 1.82) is 0 Å². The lowest BCUT2D eigenvalue weighted by Crippen LogP contribution is -2.34. The molecule has 0 fully saturated rings. The van der Waals surface area contributed by atoms with Crippen molar-refractivity contribution in [2.24, 2.45) is 0 Å². The summed E-state index contributed by atoms with van der Waals surface area (Å²) < 4.78 is 6.91. The molecule has 0 unspecified atom stereocenters. The highest BCUT2D eigenvalue weighted by molar-refractivity contribution is 6.07. The second-order valence-corrected chi connectivity index (χ2v) is 8.37. The molecule has 0 bridgehead atoms. The van der Waals surface area contributed by atoms with Gasteiger partial charge in [0.05, 0.1) is 7.11 Å². The summed E-state index contributed by atoms with van der Waals surface area (Å²) in [5, 5.41) is 12.9. The number of aryl methyl sites for hydroxylation is 1. The number of nitrogens with one attached hydrogen (secondary N) is 1. The SMILES string of the molecule is COc1ccccc1CNC(=O)c1c(-c2ccc(C)cc2)c2cccnc2c(=O)n1CCCCO. The van der Waals surface area contributed by atoms with Crippen LogP contribution >= 0.6 is 0 Å². The molecule has 2 aromatic heterocycles. The summed E-state index contributed by atoms with van der Waals surface area (Å²) in [7, 11) is 1.59. The summed E-state index contributed by atoms with van der Waals surface area (Å²) in [6.07, 6.45) is 2.66. The molecule has 35 heavy (non-hydrogen) atoms. The fourth-order valence-corrected chi connectivity index (χ4v) is 4.22. The first-order valence-corrected chi connectivity index (χ1v) is 11.6. The molecule has 0 saturated heterocycles. The van der Waals surface area contributed by atoms with E-state index in [0.717, 1.165) is 16.7 Å². The van der Waals surface area contributed by atoms with Crippen molar-refractivity contribution in [3.63, 3.8) is 0 Å². The Morgan fingerprint density at radius 1 is 1.06 bits per heavy atom. The first kappa shape index (κ1) is 24.2. The second-order valence-electron chi connectivity index (χ2n) is 8.37. The Bertz CT molecular complexity index is 1390. The van der Waals surface area contributed by atoms with Crippen molar-refractivity contribution in [3.8, 4) is 16.9 Å². The second kappa shape index (κ2) is 11.0. The minimum atomic E-state index is -0.363. The molecule has 4 rings (SSSR count). The van der Waals surface area contributed by atoms with Gasteiger partial charge in [-0.25, -0.2) is 0 Å². The maximum atomic E-state index is 13.7. The van der Waals surface area contributed by atoms with Crippen LogP contribution in [0.2, 0.25) is 0 Å². The van der Waals surface area contributed by atoms with Gasteiger partial charge in [0.2, 0.25) is 0 Å². The zero-order valence-electron chi connectivity index (χ0n) is 20.0. The predicted octanol–water partition coefficient (Wildman–Crippen LogP) is 4.08. The molecule has 0 aliphatic carbocycles. The first-order chi connectivity index (χ1) is 17.0. The zero-order chi connectivity index (χ0) is 24.8. The van der Waals surface area contributed by atoms with E-state index in [0.29, 0.717) is 41.6 Å². The molecular formula is C28H29N3O4. The zero-order valence-corrected chi connectivity index (χ0v) is 20.0. The first-order valence-electron chi connectivity index (χ1n) is 11.6. The molecule has 0 aliphatic rings. The number of ether oxygens (including phenoxy) is 1. The quantitative estimate of drug-likeness (QED) is 0.359. The van der Waals surface area contributed by atoms with Gasteiger partial charge in [0, 0.05) is 42.4 Å². The van der Waals surface area contributed by atoms with Crippen LogP contribution < -0.4 is 15.6 Å². The highest BCUT2D eigenvalue weighted by Gasteiger charge is 2.24. The van der Waals surface area contributed by atoms with E-state index in [1.54, 1.807) is 19.4 Å². The van der Waals surface area contributed by atoms with Gasteiger partial charge in [0.15, 0.2) is 0 Å². The van der Waals surface area contributed by atoms with Gasteiger partial charge < -0.3 is 19.7 Å². The van der Waals surface area contributed by atoms with Gasteiger partial charge in [-0.2, -0.15) is 0 Å². The number of amides is 1. The molecule has 7 heteroatoms. The number of carbonyl (C=O) groups excluding carboxylic acids is 1. The number of benzene rings is 2. The van der Waals surface area contributed by atoms with Gasteiger partial charge >= 0.3 is 0 Å². The van der Waals surface area contributed by atoms with E-state index in [1.165, 1.54) is 4.57 Å². The van der Waals surface area contributed by atoms with Gasteiger partial charge in [-0.15, -0.1) is 0 Å². The number of hydrogen-bond donors (Lipinski definition) is 2. The summed E-state index contributed by atoms with van der Waals surface area (Å²) in [4.78, 5) is 31.6. The van der Waals surface area contributed by atoms with Gasteiger partial charge in [-0.1, -0.05) is 54.1 Å². The number of nitrogens with zero attached hydrogens (tertiary/aromatic N) is 2. The molecule has 4 aromatic rings. The van der Waals surface area contributed by atoms with Crippen molar-refractivity contribution < 1.29 is 14.6 Å². The van der Waals surface area contributed by atoms with E-state index in [9.17, 15) is 14.7 Å². The van der Waals surface area contributed by atoms with E-state index in [1.807, 2.05) is 61.5 Å². The van der Waals surface area contributed by atoms with Crippen molar-refractivity contribution in [2.75, 3.05) is 13.7 Å². The highest BCUT2D eigenvalue weighted by Crippen LogP contribution is 2.31. The number of aliphatic hydroxyl groups excluding tert-OH is 1. The molecule has 2 aromatic carbocycles. The number of aromatic nitrogens is 2. The Morgan fingerprint density at radius 3 is 2.57 bits per heavy atom. The number of carbonyl (C=O) groups is 1. The third kappa shape index (κ3) is 5.10. The third-order valence-corrected chi connectivity index (χ3v) is 6.01. The van der Waals surface area contributed by atoms with Crippen LogP contribution in [0, 0.1) is 6.92 Å². The molecule has 0 saturated carbocycles. The normalized spacial score (nSPS) is 10.9. The van der Waals surface area contributed by atoms with Crippen LogP contribution in [0.1, 0.15) is 34.5 Å². The fraction of sp³-hybridized carbons (Fsp3) is 0.250. The molecule has 2 N–H and O–H groups in total. The topological polar surface area (TPSA) is 93.5 Å². The average molecular weight is 472 g/mol. The minimum absolute atomic E-state index is 0.0146. The van der Waals surface area contributed by atoms with E-state index in [2.05, 4.69) is 10.3 Å². The highest BCUT2D eigenvalue weighted by atomic mass is 16.5. The number of hydrogen-bond acceptors (Lipinski definition) is 5. The Hall–Kier alpha value is -3.97. The summed E-state index contributed by atoms with van der Waals surface area (Å²) in [5.41, 5.74) is 3.69. The van der Waals surface area contributed by atoms with E-state index in [-0.39, 0.29) is 30.3 Å². The maximum absolute atomic E-state index is 13.7. The smallest absolute Gasteiger partial charge is 0.277 e. The molecule has 7 nitrogen and oxygen atoms in total. The van der Waals surface area contributed by atoms with Crippen molar-refractivity contribution in [3.05, 3.63) is 94.0 Å². The molecule has 0 aliphatic heterocycles. The standard InChI is InChI=1S/C28H29N3O4/c1-19-11-13-20(14-12-19)24-22-9-7-15-29-25(22)28(34)31(16-5-6-17-32)26(24)27(33)30-18-21-8-3-4-10-23(21)35-2/h3-4,7-15,32H,5-6,16-18H2,1-2H3,(H,30,33). The van der Waals surface area contributed by atoms with E-state index < -0.39 is 0 Å². The summed E-state index contributed by atoms with van der Waals surface area (Å²) in [5.74, 6) is 0.313. The molecule has 180 valence electrons. The molecule has 1 amide bonds. The fourth-order valence-electron chi connectivity index (χ4n) is 4.22. The number of methoxy groups -OCH3 is 1.